The lowest BCUT2D eigenvalue weighted by Gasteiger charge is -2.29. The number of hydrogen-bond acceptors (Lipinski definition) is 2. The summed E-state index contributed by atoms with van der Waals surface area (Å²) >= 11 is 0. The molecule has 0 aliphatic rings. The van der Waals surface area contributed by atoms with Gasteiger partial charge in [0.25, 0.3) is 0 Å². The normalized spacial score (nSPS) is 12.7. The van der Waals surface area contributed by atoms with E-state index in [0.717, 1.165) is 6.54 Å². The highest BCUT2D eigenvalue weighted by molar-refractivity contribution is 5.35. The predicted molar refractivity (Wildman–Crippen MR) is 90.4 cm³/mol. The molecular formula is C19H26N2. The first-order valence-electron chi connectivity index (χ1n) is 7.55. The van der Waals surface area contributed by atoms with Crippen molar-refractivity contribution in [2.45, 2.75) is 33.4 Å². The zero-order valence-electron chi connectivity index (χ0n) is 13.6. The molecule has 1 unspecified atom stereocenters. The molecule has 2 heteroatoms. The minimum absolute atomic E-state index is 0.255. The van der Waals surface area contributed by atoms with Crippen LogP contribution in [0, 0.1) is 20.8 Å². The zero-order chi connectivity index (χ0) is 15.4. The van der Waals surface area contributed by atoms with Crippen LogP contribution in [0.3, 0.4) is 0 Å². The van der Waals surface area contributed by atoms with Crippen LogP contribution in [0.4, 0.5) is 0 Å². The second kappa shape index (κ2) is 6.88. The average Bonchev–Trinajstić information content (AvgIpc) is 2.44. The van der Waals surface area contributed by atoms with Gasteiger partial charge in [0.2, 0.25) is 0 Å². The fourth-order valence-corrected chi connectivity index (χ4v) is 2.89. The van der Waals surface area contributed by atoms with Crippen molar-refractivity contribution in [2.24, 2.45) is 5.73 Å². The van der Waals surface area contributed by atoms with Gasteiger partial charge in [-0.15, -0.1) is 0 Å². The number of nitrogens with two attached hydrogens (primary N) is 1. The summed E-state index contributed by atoms with van der Waals surface area (Å²) in [5.74, 6) is 0. The SMILES string of the molecule is Cc1cccc(CN(C)C(CN)c2cccc(C)c2C)c1. The van der Waals surface area contributed by atoms with Gasteiger partial charge in [-0.3, -0.25) is 4.90 Å². The Balaban J connectivity index is 2.22. The van der Waals surface area contributed by atoms with Gasteiger partial charge in [0.1, 0.15) is 0 Å². The maximum absolute atomic E-state index is 6.07. The van der Waals surface area contributed by atoms with E-state index in [4.69, 9.17) is 5.73 Å². The molecule has 2 aromatic carbocycles. The molecule has 0 saturated carbocycles. The highest BCUT2D eigenvalue weighted by Gasteiger charge is 2.18. The van der Waals surface area contributed by atoms with Gasteiger partial charge < -0.3 is 5.73 Å². The maximum atomic E-state index is 6.07. The Morgan fingerprint density at radius 1 is 1.05 bits per heavy atom. The van der Waals surface area contributed by atoms with E-state index in [0.29, 0.717) is 6.54 Å². The topological polar surface area (TPSA) is 29.3 Å². The van der Waals surface area contributed by atoms with Crippen LogP contribution in [0.15, 0.2) is 42.5 Å². The average molecular weight is 282 g/mol. The summed E-state index contributed by atoms with van der Waals surface area (Å²) in [5.41, 5.74) is 12.7. The fourth-order valence-electron chi connectivity index (χ4n) is 2.89. The van der Waals surface area contributed by atoms with Crippen LogP contribution in [0.1, 0.15) is 33.9 Å². The van der Waals surface area contributed by atoms with E-state index in [9.17, 15) is 0 Å². The minimum atomic E-state index is 0.255. The van der Waals surface area contributed by atoms with E-state index in [-0.39, 0.29) is 6.04 Å². The molecule has 0 aliphatic carbocycles. The smallest absolute Gasteiger partial charge is 0.0473 e. The molecule has 0 heterocycles. The van der Waals surface area contributed by atoms with E-state index in [1.165, 1.54) is 27.8 Å². The van der Waals surface area contributed by atoms with Crippen molar-refractivity contribution < 1.29 is 0 Å². The fraction of sp³-hybridized carbons (Fsp3) is 0.368. The Kier molecular flexibility index (Phi) is 5.16. The summed E-state index contributed by atoms with van der Waals surface area (Å²) < 4.78 is 0. The first-order valence-corrected chi connectivity index (χ1v) is 7.55. The molecule has 0 radical (unpaired) electrons. The second-order valence-corrected chi connectivity index (χ2v) is 5.94. The number of nitrogens with zero attached hydrogens (tertiary/aromatic N) is 1. The van der Waals surface area contributed by atoms with Crippen LogP contribution in [-0.4, -0.2) is 18.5 Å². The maximum Gasteiger partial charge on any atom is 0.0473 e. The first kappa shape index (κ1) is 15.7. The number of likely N-dealkylation sites (N-methyl/N-ethyl adjacent to an activating group) is 1. The van der Waals surface area contributed by atoms with E-state index < -0.39 is 0 Å². The Morgan fingerprint density at radius 3 is 2.43 bits per heavy atom. The van der Waals surface area contributed by atoms with Crippen molar-refractivity contribution in [2.75, 3.05) is 13.6 Å². The predicted octanol–water partition coefficient (Wildman–Crippen LogP) is 3.74. The van der Waals surface area contributed by atoms with Gasteiger partial charge in [0.05, 0.1) is 0 Å². The van der Waals surface area contributed by atoms with Crippen molar-refractivity contribution in [1.82, 2.24) is 4.90 Å². The summed E-state index contributed by atoms with van der Waals surface area (Å²) in [5, 5.41) is 0. The van der Waals surface area contributed by atoms with Crippen LogP contribution >= 0.6 is 0 Å². The molecule has 2 rings (SSSR count). The Labute approximate surface area is 128 Å². The molecule has 112 valence electrons. The van der Waals surface area contributed by atoms with Gasteiger partial charge in [0.15, 0.2) is 0 Å². The molecule has 2 nitrogen and oxygen atoms in total. The van der Waals surface area contributed by atoms with Crippen molar-refractivity contribution in [3.63, 3.8) is 0 Å². The van der Waals surface area contributed by atoms with Crippen LogP contribution < -0.4 is 5.73 Å². The van der Waals surface area contributed by atoms with Gasteiger partial charge in [-0.25, -0.2) is 0 Å². The van der Waals surface area contributed by atoms with Gasteiger partial charge >= 0.3 is 0 Å². The highest BCUT2D eigenvalue weighted by Crippen LogP contribution is 2.25. The Morgan fingerprint density at radius 2 is 1.76 bits per heavy atom. The van der Waals surface area contributed by atoms with E-state index in [1.807, 2.05) is 0 Å². The van der Waals surface area contributed by atoms with Crippen molar-refractivity contribution in [3.8, 4) is 0 Å². The van der Waals surface area contributed by atoms with Crippen LogP contribution in [0.5, 0.6) is 0 Å². The molecule has 0 saturated heterocycles. The number of aryl methyl sites for hydroxylation is 2. The second-order valence-electron chi connectivity index (χ2n) is 5.94. The monoisotopic (exact) mass is 282 g/mol. The van der Waals surface area contributed by atoms with Gasteiger partial charge in [-0.05, 0) is 50.1 Å². The van der Waals surface area contributed by atoms with Gasteiger partial charge in [0, 0.05) is 19.1 Å². The molecule has 0 aromatic heterocycles. The number of benzene rings is 2. The van der Waals surface area contributed by atoms with Gasteiger partial charge in [-0.2, -0.15) is 0 Å². The molecule has 2 aromatic rings. The quantitative estimate of drug-likeness (QED) is 0.905. The van der Waals surface area contributed by atoms with Crippen LogP contribution in [0.2, 0.25) is 0 Å². The van der Waals surface area contributed by atoms with Crippen molar-refractivity contribution in [3.05, 3.63) is 70.3 Å². The largest absolute Gasteiger partial charge is 0.329 e. The Hall–Kier alpha value is -1.64. The Bertz CT molecular complexity index is 604. The van der Waals surface area contributed by atoms with E-state index in [2.05, 4.69) is 75.2 Å². The summed E-state index contributed by atoms with van der Waals surface area (Å²) in [6.45, 7) is 8.03. The van der Waals surface area contributed by atoms with Crippen molar-refractivity contribution >= 4 is 0 Å². The number of hydrogen-bond donors (Lipinski definition) is 1. The van der Waals surface area contributed by atoms with Crippen molar-refractivity contribution in [1.29, 1.82) is 0 Å². The molecular weight excluding hydrogens is 256 g/mol. The summed E-state index contributed by atoms with van der Waals surface area (Å²) in [6.07, 6.45) is 0. The van der Waals surface area contributed by atoms with Crippen LogP contribution in [-0.2, 0) is 6.54 Å². The van der Waals surface area contributed by atoms with Crippen LogP contribution in [0.25, 0.3) is 0 Å². The molecule has 0 bridgehead atoms. The molecule has 1 atom stereocenters. The lowest BCUT2D eigenvalue weighted by molar-refractivity contribution is 0.241. The number of rotatable bonds is 5. The summed E-state index contributed by atoms with van der Waals surface area (Å²) in [6, 6.07) is 15.4. The van der Waals surface area contributed by atoms with Gasteiger partial charge in [-0.1, -0.05) is 48.0 Å². The molecule has 0 fully saturated rings. The summed E-state index contributed by atoms with van der Waals surface area (Å²) in [7, 11) is 2.15. The minimum Gasteiger partial charge on any atom is -0.329 e. The molecule has 2 N–H and O–H groups in total. The lowest BCUT2D eigenvalue weighted by Crippen LogP contribution is -2.30. The zero-order valence-corrected chi connectivity index (χ0v) is 13.6. The third-order valence-corrected chi connectivity index (χ3v) is 4.28. The molecule has 0 spiro atoms. The highest BCUT2D eigenvalue weighted by atomic mass is 15.1. The first-order chi connectivity index (χ1) is 10.0. The third-order valence-electron chi connectivity index (χ3n) is 4.28. The molecule has 21 heavy (non-hydrogen) atoms. The summed E-state index contributed by atoms with van der Waals surface area (Å²) in [4.78, 5) is 2.34. The lowest BCUT2D eigenvalue weighted by atomic mass is 9.96. The van der Waals surface area contributed by atoms with E-state index in [1.54, 1.807) is 0 Å². The molecule has 0 aliphatic heterocycles. The standard InChI is InChI=1S/C19H26N2/c1-14-7-5-9-17(11-14)13-21(4)19(12-20)18-10-6-8-15(2)16(18)3/h5-11,19H,12-13,20H2,1-4H3. The molecule has 0 amide bonds. The van der Waals surface area contributed by atoms with E-state index >= 15 is 0 Å². The third kappa shape index (κ3) is 3.72.